The Kier molecular flexibility index (Phi) is 3.94. The minimum atomic E-state index is -0.692. The molecule has 5 heteroatoms. The number of rotatable bonds is 6. The fourth-order valence-electron chi connectivity index (χ4n) is 1.77. The van der Waals surface area contributed by atoms with Gasteiger partial charge in [-0.05, 0) is 35.6 Å². The van der Waals surface area contributed by atoms with Crippen LogP contribution in [-0.2, 0) is 10.5 Å². The van der Waals surface area contributed by atoms with Crippen molar-refractivity contribution in [2.24, 2.45) is 5.41 Å². The third-order valence-corrected chi connectivity index (χ3v) is 4.66. The number of nitrogens with zero attached hydrogens (tertiary/aromatic N) is 1. The van der Waals surface area contributed by atoms with Crippen molar-refractivity contribution in [3.8, 4) is 0 Å². The second-order valence-electron chi connectivity index (χ2n) is 4.52. The van der Waals surface area contributed by atoms with Crippen LogP contribution in [0.15, 0.2) is 18.3 Å². The van der Waals surface area contributed by atoms with Crippen LogP contribution in [0.5, 0.6) is 0 Å². The highest BCUT2D eigenvalue weighted by atomic mass is 35.5. The van der Waals surface area contributed by atoms with Gasteiger partial charge in [-0.2, -0.15) is 11.8 Å². The van der Waals surface area contributed by atoms with E-state index in [2.05, 4.69) is 4.98 Å². The molecular formula is C12H14ClNO2S. The molecule has 0 bridgehead atoms. The molecule has 92 valence electrons. The molecule has 3 nitrogen and oxygen atoms in total. The predicted molar refractivity (Wildman–Crippen MR) is 69.3 cm³/mol. The molecule has 0 amide bonds. The van der Waals surface area contributed by atoms with Gasteiger partial charge in [0, 0.05) is 11.9 Å². The maximum atomic E-state index is 10.7. The predicted octanol–water partition coefficient (Wildman–Crippen LogP) is 3.22. The molecule has 1 heterocycles. The van der Waals surface area contributed by atoms with E-state index in [1.807, 2.05) is 12.1 Å². The van der Waals surface area contributed by atoms with E-state index >= 15 is 0 Å². The van der Waals surface area contributed by atoms with Crippen LogP contribution in [-0.4, -0.2) is 21.8 Å². The van der Waals surface area contributed by atoms with Gasteiger partial charge in [0.05, 0.1) is 6.42 Å². The average Bonchev–Trinajstić information content (AvgIpc) is 3.00. The molecule has 17 heavy (non-hydrogen) atoms. The molecule has 1 N–H and O–H groups in total. The summed E-state index contributed by atoms with van der Waals surface area (Å²) in [5, 5.41) is 9.35. The van der Waals surface area contributed by atoms with Gasteiger partial charge in [0.2, 0.25) is 0 Å². The van der Waals surface area contributed by atoms with Crippen molar-refractivity contribution in [1.82, 2.24) is 4.98 Å². The summed E-state index contributed by atoms with van der Waals surface area (Å²) >= 11 is 7.70. The van der Waals surface area contributed by atoms with Gasteiger partial charge >= 0.3 is 5.97 Å². The van der Waals surface area contributed by atoms with Crippen molar-refractivity contribution in [1.29, 1.82) is 0 Å². The number of carboxylic acid groups (broad SMARTS) is 1. The van der Waals surface area contributed by atoms with E-state index in [1.165, 1.54) is 0 Å². The Morgan fingerprint density at radius 1 is 1.59 bits per heavy atom. The number of hydrogen-bond acceptors (Lipinski definition) is 3. The Morgan fingerprint density at radius 2 is 2.35 bits per heavy atom. The van der Waals surface area contributed by atoms with E-state index < -0.39 is 5.97 Å². The van der Waals surface area contributed by atoms with E-state index in [4.69, 9.17) is 16.7 Å². The molecule has 2 rings (SSSR count). The number of hydrogen-bond donors (Lipinski definition) is 1. The lowest BCUT2D eigenvalue weighted by Gasteiger charge is -2.11. The van der Waals surface area contributed by atoms with E-state index in [9.17, 15) is 4.79 Å². The average molecular weight is 272 g/mol. The summed E-state index contributed by atoms with van der Waals surface area (Å²) in [7, 11) is 0. The number of halogens is 1. The van der Waals surface area contributed by atoms with Gasteiger partial charge in [0.25, 0.3) is 0 Å². The normalized spacial score (nSPS) is 16.8. The molecule has 1 aromatic heterocycles. The summed E-state index contributed by atoms with van der Waals surface area (Å²) < 4.78 is 0. The van der Waals surface area contributed by atoms with Gasteiger partial charge in [-0.1, -0.05) is 17.7 Å². The quantitative estimate of drug-likeness (QED) is 0.807. The summed E-state index contributed by atoms with van der Waals surface area (Å²) in [5.41, 5.74) is 1.07. The summed E-state index contributed by atoms with van der Waals surface area (Å²) in [6, 6.07) is 3.82. The zero-order chi connectivity index (χ0) is 12.3. The molecule has 1 aliphatic rings. The number of thioether (sulfide) groups is 1. The fourth-order valence-corrected chi connectivity index (χ4v) is 3.42. The number of aromatic nitrogens is 1. The molecule has 1 saturated carbocycles. The van der Waals surface area contributed by atoms with E-state index in [1.54, 1.807) is 18.0 Å². The summed E-state index contributed by atoms with van der Waals surface area (Å²) in [6.07, 6.45) is 4.03. The summed E-state index contributed by atoms with van der Waals surface area (Å²) in [6.45, 7) is 0. The molecule has 0 unspecified atom stereocenters. The van der Waals surface area contributed by atoms with Crippen molar-refractivity contribution >= 4 is 29.3 Å². The Hall–Kier alpha value is -0.740. The summed E-state index contributed by atoms with van der Waals surface area (Å²) in [5.74, 6) is 1.00. The second-order valence-corrected chi connectivity index (χ2v) is 5.86. The number of aliphatic carboxylic acids is 1. The molecule has 0 radical (unpaired) electrons. The van der Waals surface area contributed by atoms with Crippen molar-refractivity contribution in [2.75, 3.05) is 5.75 Å². The van der Waals surface area contributed by atoms with Crippen LogP contribution in [0.4, 0.5) is 0 Å². The molecule has 0 aromatic carbocycles. The molecule has 1 aromatic rings. The molecule has 0 saturated heterocycles. The first-order chi connectivity index (χ1) is 8.11. The van der Waals surface area contributed by atoms with Crippen LogP contribution < -0.4 is 0 Å². The lowest BCUT2D eigenvalue weighted by molar-refractivity contribution is -0.138. The molecular weight excluding hydrogens is 258 g/mol. The van der Waals surface area contributed by atoms with Crippen LogP contribution in [0.1, 0.15) is 24.8 Å². The van der Waals surface area contributed by atoms with Crippen molar-refractivity contribution in [3.05, 3.63) is 29.0 Å². The molecule has 0 spiro atoms. The molecule has 0 atom stereocenters. The van der Waals surface area contributed by atoms with Gasteiger partial charge < -0.3 is 5.11 Å². The second kappa shape index (κ2) is 5.27. The van der Waals surface area contributed by atoms with Crippen LogP contribution in [0, 0.1) is 5.41 Å². The Labute approximate surface area is 110 Å². The van der Waals surface area contributed by atoms with Crippen molar-refractivity contribution in [2.45, 2.75) is 25.0 Å². The zero-order valence-corrected chi connectivity index (χ0v) is 10.9. The lowest BCUT2D eigenvalue weighted by atomic mass is 10.1. The molecule has 1 fully saturated rings. The minimum absolute atomic E-state index is 0.0468. The van der Waals surface area contributed by atoms with Crippen molar-refractivity contribution in [3.63, 3.8) is 0 Å². The zero-order valence-electron chi connectivity index (χ0n) is 9.36. The maximum absolute atomic E-state index is 10.7. The SMILES string of the molecule is O=C(O)CC1(CSCc2cccnc2Cl)CC1. The van der Waals surface area contributed by atoms with Crippen LogP contribution >= 0.6 is 23.4 Å². The van der Waals surface area contributed by atoms with Crippen molar-refractivity contribution < 1.29 is 9.90 Å². The van der Waals surface area contributed by atoms with Crippen LogP contribution in [0.2, 0.25) is 5.15 Å². The third-order valence-electron chi connectivity index (χ3n) is 2.99. The van der Waals surface area contributed by atoms with Crippen LogP contribution in [0.3, 0.4) is 0 Å². The molecule has 1 aliphatic carbocycles. The first kappa shape index (κ1) is 12.7. The van der Waals surface area contributed by atoms with Gasteiger partial charge in [0.1, 0.15) is 5.15 Å². The van der Waals surface area contributed by atoms with E-state index in [0.29, 0.717) is 11.6 Å². The Bertz CT molecular complexity index is 421. The Balaban J connectivity index is 1.80. The highest BCUT2D eigenvalue weighted by Gasteiger charge is 2.44. The lowest BCUT2D eigenvalue weighted by Crippen LogP contribution is -2.11. The monoisotopic (exact) mass is 271 g/mol. The number of pyridine rings is 1. The number of carbonyl (C=O) groups is 1. The third kappa shape index (κ3) is 3.61. The minimum Gasteiger partial charge on any atom is -0.481 e. The first-order valence-corrected chi connectivity index (χ1v) is 7.04. The topological polar surface area (TPSA) is 50.2 Å². The largest absolute Gasteiger partial charge is 0.481 e. The van der Waals surface area contributed by atoms with Gasteiger partial charge in [-0.25, -0.2) is 4.98 Å². The number of carboxylic acids is 1. The summed E-state index contributed by atoms with van der Waals surface area (Å²) in [4.78, 5) is 14.7. The standard InChI is InChI=1S/C12H14ClNO2S/c13-11-9(2-1-5-14-11)7-17-8-12(3-4-12)6-10(15)16/h1-2,5H,3-4,6-8H2,(H,15,16). The Morgan fingerprint density at radius 3 is 2.94 bits per heavy atom. The van der Waals surface area contributed by atoms with Gasteiger partial charge in [-0.15, -0.1) is 0 Å². The highest BCUT2D eigenvalue weighted by Crippen LogP contribution is 2.51. The maximum Gasteiger partial charge on any atom is 0.303 e. The van der Waals surface area contributed by atoms with Crippen LogP contribution in [0.25, 0.3) is 0 Å². The van der Waals surface area contributed by atoms with E-state index in [-0.39, 0.29) is 5.41 Å². The smallest absolute Gasteiger partial charge is 0.303 e. The highest BCUT2D eigenvalue weighted by molar-refractivity contribution is 7.98. The van der Waals surface area contributed by atoms with Gasteiger partial charge in [0.15, 0.2) is 0 Å². The molecule has 0 aliphatic heterocycles. The van der Waals surface area contributed by atoms with Gasteiger partial charge in [-0.3, -0.25) is 4.79 Å². The van der Waals surface area contributed by atoms with E-state index in [0.717, 1.165) is 29.9 Å². The fraction of sp³-hybridized carbons (Fsp3) is 0.500. The first-order valence-electron chi connectivity index (χ1n) is 5.50.